The van der Waals surface area contributed by atoms with E-state index in [9.17, 15) is 5.11 Å². The zero-order chi connectivity index (χ0) is 15.2. The smallest absolute Gasteiger partial charge is 0.0986 e. The maximum atomic E-state index is 10.9. The zero-order valence-corrected chi connectivity index (χ0v) is 13.1. The molecule has 0 bridgehead atoms. The van der Waals surface area contributed by atoms with Crippen molar-refractivity contribution in [2.45, 2.75) is 39.0 Å². The van der Waals surface area contributed by atoms with Crippen molar-refractivity contribution in [1.29, 1.82) is 0 Å². The van der Waals surface area contributed by atoms with Crippen LogP contribution in [0.15, 0.2) is 60.7 Å². The second-order valence-corrected chi connectivity index (χ2v) is 5.64. The molecule has 0 saturated heterocycles. The Kier molecular flexibility index (Phi) is 5.54. The van der Waals surface area contributed by atoms with Crippen LogP contribution in [0.25, 0.3) is 0 Å². The fraction of sp³-hybridized carbons (Fsp3) is 0.368. The van der Waals surface area contributed by atoms with E-state index in [4.69, 9.17) is 0 Å². The molecule has 2 unspecified atom stereocenters. The number of aliphatic hydroxyl groups is 1. The highest BCUT2D eigenvalue weighted by atomic mass is 16.3. The van der Waals surface area contributed by atoms with Gasteiger partial charge < -0.3 is 5.11 Å². The third-order valence-corrected chi connectivity index (χ3v) is 3.97. The van der Waals surface area contributed by atoms with Crippen LogP contribution in [0.3, 0.4) is 0 Å². The molecule has 21 heavy (non-hydrogen) atoms. The molecule has 2 aromatic rings. The van der Waals surface area contributed by atoms with Crippen LogP contribution in [0.2, 0.25) is 0 Å². The minimum absolute atomic E-state index is 0.0291. The Balaban J connectivity index is 2.41. The number of aliphatic hydroxyl groups excluding tert-OH is 1. The van der Waals surface area contributed by atoms with Gasteiger partial charge in [0.25, 0.3) is 0 Å². The summed E-state index contributed by atoms with van der Waals surface area (Å²) in [5.41, 5.74) is 2.12. The number of hydrogen-bond donors (Lipinski definition) is 1. The van der Waals surface area contributed by atoms with E-state index in [1.54, 1.807) is 0 Å². The van der Waals surface area contributed by atoms with Crippen LogP contribution in [-0.2, 0) is 0 Å². The van der Waals surface area contributed by atoms with Crippen molar-refractivity contribution in [3.8, 4) is 0 Å². The highest BCUT2D eigenvalue weighted by Gasteiger charge is 2.29. The van der Waals surface area contributed by atoms with Gasteiger partial charge in [0.2, 0.25) is 0 Å². The third kappa shape index (κ3) is 3.72. The lowest BCUT2D eigenvalue weighted by atomic mass is 9.93. The molecule has 0 aliphatic rings. The molecule has 0 amide bonds. The van der Waals surface area contributed by atoms with Crippen LogP contribution < -0.4 is 0 Å². The van der Waals surface area contributed by atoms with Crippen LogP contribution in [0.1, 0.15) is 44.0 Å². The lowest BCUT2D eigenvalue weighted by Crippen LogP contribution is -2.37. The summed E-state index contributed by atoms with van der Waals surface area (Å²) in [5, 5.41) is 10.9. The summed E-state index contributed by atoms with van der Waals surface area (Å²) in [6.07, 6.45) is -0.532. The molecule has 0 aliphatic heterocycles. The zero-order valence-electron chi connectivity index (χ0n) is 13.1. The van der Waals surface area contributed by atoms with Gasteiger partial charge in [-0.15, -0.1) is 0 Å². The van der Waals surface area contributed by atoms with E-state index in [2.05, 4.69) is 37.8 Å². The van der Waals surface area contributed by atoms with E-state index in [1.165, 1.54) is 0 Å². The first-order valence-electron chi connectivity index (χ1n) is 7.68. The van der Waals surface area contributed by atoms with E-state index >= 15 is 0 Å². The van der Waals surface area contributed by atoms with Crippen molar-refractivity contribution < 1.29 is 5.11 Å². The molecule has 0 fully saturated rings. The molecule has 2 rings (SSSR count). The van der Waals surface area contributed by atoms with Gasteiger partial charge in [-0.2, -0.15) is 0 Å². The number of hydrogen-bond acceptors (Lipinski definition) is 2. The molecule has 2 nitrogen and oxygen atoms in total. The Morgan fingerprint density at radius 3 is 1.76 bits per heavy atom. The molecule has 0 radical (unpaired) electrons. The highest BCUT2D eigenvalue weighted by molar-refractivity contribution is 5.26. The van der Waals surface area contributed by atoms with Crippen LogP contribution in [0.4, 0.5) is 0 Å². The quantitative estimate of drug-likeness (QED) is 0.859. The maximum absolute atomic E-state index is 10.9. The van der Waals surface area contributed by atoms with E-state index in [0.29, 0.717) is 6.04 Å². The first-order chi connectivity index (χ1) is 10.1. The Morgan fingerprint density at radius 2 is 1.33 bits per heavy atom. The lowest BCUT2D eigenvalue weighted by Gasteiger charge is -2.37. The normalized spacial score (nSPS) is 14.4. The van der Waals surface area contributed by atoms with Crippen molar-refractivity contribution in [2.75, 3.05) is 6.54 Å². The first kappa shape index (κ1) is 15.7. The molecule has 0 aliphatic carbocycles. The van der Waals surface area contributed by atoms with Gasteiger partial charge in [0.1, 0.15) is 0 Å². The Hall–Kier alpha value is -1.64. The summed E-state index contributed by atoms with van der Waals surface area (Å²) in [5.74, 6) is 0. The average Bonchev–Trinajstić information content (AvgIpc) is 2.53. The summed E-state index contributed by atoms with van der Waals surface area (Å²) in [4.78, 5) is 2.34. The SMILES string of the molecule is CCN(C(C)C)C(c1ccccc1)C(O)c1ccccc1. The van der Waals surface area contributed by atoms with E-state index < -0.39 is 6.10 Å². The Morgan fingerprint density at radius 1 is 0.857 bits per heavy atom. The van der Waals surface area contributed by atoms with Crippen LogP contribution in [-0.4, -0.2) is 22.6 Å². The van der Waals surface area contributed by atoms with Crippen molar-refractivity contribution in [3.63, 3.8) is 0 Å². The van der Waals surface area contributed by atoms with Crippen molar-refractivity contribution in [3.05, 3.63) is 71.8 Å². The first-order valence-corrected chi connectivity index (χ1v) is 7.68. The van der Waals surface area contributed by atoms with Gasteiger partial charge in [0, 0.05) is 6.04 Å². The predicted octanol–water partition coefficient (Wildman–Crippen LogP) is 4.19. The second kappa shape index (κ2) is 7.39. The Labute approximate surface area is 128 Å². The van der Waals surface area contributed by atoms with Gasteiger partial charge in [-0.05, 0) is 31.5 Å². The highest BCUT2D eigenvalue weighted by Crippen LogP contribution is 2.35. The number of benzene rings is 2. The summed E-state index contributed by atoms with van der Waals surface area (Å²) in [7, 11) is 0. The van der Waals surface area contributed by atoms with E-state index in [0.717, 1.165) is 17.7 Å². The van der Waals surface area contributed by atoms with Crippen molar-refractivity contribution in [2.24, 2.45) is 0 Å². The largest absolute Gasteiger partial charge is 0.386 e. The van der Waals surface area contributed by atoms with Gasteiger partial charge in [-0.3, -0.25) is 4.90 Å². The van der Waals surface area contributed by atoms with Gasteiger partial charge in [-0.1, -0.05) is 67.6 Å². The third-order valence-electron chi connectivity index (χ3n) is 3.97. The molecular formula is C19H25NO. The molecule has 0 spiro atoms. The summed E-state index contributed by atoms with van der Waals surface area (Å²) >= 11 is 0. The summed E-state index contributed by atoms with van der Waals surface area (Å²) < 4.78 is 0. The minimum Gasteiger partial charge on any atom is -0.386 e. The average molecular weight is 283 g/mol. The monoisotopic (exact) mass is 283 g/mol. The Bertz CT molecular complexity index is 524. The second-order valence-electron chi connectivity index (χ2n) is 5.64. The van der Waals surface area contributed by atoms with Gasteiger partial charge >= 0.3 is 0 Å². The topological polar surface area (TPSA) is 23.5 Å². The van der Waals surface area contributed by atoms with Crippen molar-refractivity contribution in [1.82, 2.24) is 4.90 Å². The number of nitrogens with zero attached hydrogens (tertiary/aromatic N) is 1. The predicted molar refractivity (Wildman–Crippen MR) is 88.1 cm³/mol. The molecular weight excluding hydrogens is 258 g/mol. The standard InChI is InChI=1S/C19H25NO/c1-4-20(15(2)3)18(16-11-7-5-8-12-16)19(21)17-13-9-6-10-14-17/h5-15,18-19,21H,4H2,1-3H3. The molecule has 1 N–H and O–H groups in total. The molecule has 0 aromatic heterocycles. The maximum Gasteiger partial charge on any atom is 0.0986 e. The molecule has 2 aromatic carbocycles. The van der Waals surface area contributed by atoms with Crippen molar-refractivity contribution >= 4 is 0 Å². The summed E-state index contributed by atoms with van der Waals surface area (Å²) in [6, 6.07) is 20.6. The minimum atomic E-state index is -0.532. The van der Waals surface area contributed by atoms with E-state index in [-0.39, 0.29) is 6.04 Å². The van der Waals surface area contributed by atoms with Gasteiger partial charge in [0.15, 0.2) is 0 Å². The number of likely N-dealkylation sites (N-methyl/N-ethyl adjacent to an activating group) is 1. The summed E-state index contributed by atoms with van der Waals surface area (Å²) in [6.45, 7) is 7.41. The van der Waals surface area contributed by atoms with Gasteiger partial charge in [-0.25, -0.2) is 0 Å². The van der Waals surface area contributed by atoms with E-state index in [1.807, 2.05) is 48.5 Å². The molecule has 0 saturated carbocycles. The fourth-order valence-corrected chi connectivity index (χ4v) is 2.92. The molecule has 0 heterocycles. The lowest BCUT2D eigenvalue weighted by molar-refractivity contribution is 0.0325. The number of rotatable bonds is 6. The fourth-order valence-electron chi connectivity index (χ4n) is 2.92. The van der Waals surface area contributed by atoms with Crippen LogP contribution in [0.5, 0.6) is 0 Å². The molecule has 112 valence electrons. The van der Waals surface area contributed by atoms with Crippen LogP contribution in [0, 0.1) is 0 Å². The van der Waals surface area contributed by atoms with Gasteiger partial charge in [0.05, 0.1) is 12.1 Å². The molecule has 2 atom stereocenters. The van der Waals surface area contributed by atoms with Crippen LogP contribution >= 0.6 is 0 Å². The molecule has 2 heteroatoms.